The van der Waals surface area contributed by atoms with E-state index in [-0.39, 0.29) is 0 Å². The summed E-state index contributed by atoms with van der Waals surface area (Å²) in [5.74, 6) is 0. The van der Waals surface area contributed by atoms with Crippen LogP contribution in [-0.4, -0.2) is 0 Å². The molecule has 0 unspecified atom stereocenters. The van der Waals surface area contributed by atoms with Crippen LogP contribution in [-0.2, 0) is 0 Å². The van der Waals surface area contributed by atoms with E-state index in [0.29, 0.717) is 44.9 Å². The molecule has 12 N–H and O–H groups in total. The molecule has 0 saturated heterocycles. The molecule has 144 valence electrons. The molecule has 30 heavy (non-hydrogen) atoms. The standard InChI is InChI=1S/C24H18N6/c25-19-9-5-3-7-1-2-8-4-6-10-14-12(8)11(7)13(9)15-16(14)18(22(28)20(10)26)24(30)23(29)17(15)21(19)27/h1-6H,25-30H2. The van der Waals surface area contributed by atoms with Crippen molar-refractivity contribution in [2.45, 2.75) is 0 Å². The van der Waals surface area contributed by atoms with Gasteiger partial charge in [0.05, 0.1) is 34.1 Å². The summed E-state index contributed by atoms with van der Waals surface area (Å²) in [6.45, 7) is 0. The maximum atomic E-state index is 6.54. The molecule has 7 rings (SSSR count). The van der Waals surface area contributed by atoms with Gasteiger partial charge in [0.15, 0.2) is 0 Å². The molecule has 7 aromatic carbocycles. The van der Waals surface area contributed by atoms with Gasteiger partial charge in [-0.25, -0.2) is 0 Å². The van der Waals surface area contributed by atoms with Crippen LogP contribution in [0.5, 0.6) is 0 Å². The number of nitrogens with two attached hydrogens (primary N) is 6. The summed E-state index contributed by atoms with van der Waals surface area (Å²) in [7, 11) is 0. The van der Waals surface area contributed by atoms with Crippen molar-refractivity contribution in [1.82, 2.24) is 0 Å². The third-order valence-electron chi connectivity index (χ3n) is 6.95. The third-order valence-corrected chi connectivity index (χ3v) is 6.95. The summed E-state index contributed by atoms with van der Waals surface area (Å²) in [4.78, 5) is 0. The molecule has 0 aliphatic rings. The lowest BCUT2D eigenvalue weighted by molar-refractivity contribution is 1.72. The molecule has 0 aliphatic heterocycles. The molecule has 0 bridgehead atoms. The smallest absolute Gasteiger partial charge is 0.0656 e. The first-order valence-corrected chi connectivity index (χ1v) is 9.71. The Kier molecular flexibility index (Phi) is 2.32. The minimum Gasteiger partial charge on any atom is -0.397 e. The number of rotatable bonds is 0. The van der Waals surface area contributed by atoms with Gasteiger partial charge in [-0.2, -0.15) is 0 Å². The second kappa shape index (κ2) is 4.46. The molecule has 0 atom stereocenters. The number of hydrogen-bond donors (Lipinski definition) is 6. The van der Waals surface area contributed by atoms with Crippen molar-refractivity contribution in [3.63, 3.8) is 0 Å². The monoisotopic (exact) mass is 390 g/mol. The van der Waals surface area contributed by atoms with E-state index in [4.69, 9.17) is 34.4 Å². The highest BCUT2D eigenvalue weighted by Gasteiger charge is 2.27. The Bertz CT molecular complexity index is 1710. The number of benzene rings is 7. The zero-order valence-electron chi connectivity index (χ0n) is 15.9. The van der Waals surface area contributed by atoms with Gasteiger partial charge in [-0.1, -0.05) is 36.4 Å². The van der Waals surface area contributed by atoms with Crippen LogP contribution in [0.15, 0.2) is 36.4 Å². The molecule has 0 aliphatic carbocycles. The highest BCUT2D eigenvalue weighted by molar-refractivity contribution is 6.50. The number of nitrogen functional groups attached to an aromatic ring is 6. The molecule has 0 spiro atoms. The Morgan fingerprint density at radius 3 is 1.03 bits per heavy atom. The van der Waals surface area contributed by atoms with Crippen molar-refractivity contribution < 1.29 is 0 Å². The van der Waals surface area contributed by atoms with Crippen molar-refractivity contribution in [3.05, 3.63) is 36.4 Å². The summed E-state index contributed by atoms with van der Waals surface area (Å²) < 4.78 is 0. The molecule has 0 fully saturated rings. The Morgan fingerprint density at radius 1 is 0.300 bits per heavy atom. The molecular formula is C24H18N6. The largest absolute Gasteiger partial charge is 0.397 e. The number of anilines is 6. The normalized spacial score (nSPS) is 12.8. The molecule has 0 radical (unpaired) electrons. The predicted octanol–water partition coefficient (Wildman–Crippen LogP) is 4.41. The van der Waals surface area contributed by atoms with Gasteiger partial charge < -0.3 is 34.4 Å². The lowest BCUT2D eigenvalue weighted by Crippen LogP contribution is -2.07. The molecule has 0 saturated carbocycles. The Morgan fingerprint density at radius 2 is 0.633 bits per heavy atom. The van der Waals surface area contributed by atoms with Crippen LogP contribution in [0.3, 0.4) is 0 Å². The van der Waals surface area contributed by atoms with E-state index in [1.807, 2.05) is 12.1 Å². The van der Waals surface area contributed by atoms with E-state index in [2.05, 4.69) is 24.3 Å². The summed E-state index contributed by atoms with van der Waals surface area (Å²) in [5.41, 5.74) is 41.8. The van der Waals surface area contributed by atoms with Gasteiger partial charge in [0.2, 0.25) is 0 Å². The van der Waals surface area contributed by atoms with Gasteiger partial charge in [0, 0.05) is 43.1 Å². The third kappa shape index (κ3) is 1.36. The molecule has 6 heteroatoms. The summed E-state index contributed by atoms with van der Waals surface area (Å²) in [6.07, 6.45) is 0. The summed E-state index contributed by atoms with van der Waals surface area (Å²) in [6, 6.07) is 12.5. The zero-order chi connectivity index (χ0) is 20.6. The number of hydrogen-bond acceptors (Lipinski definition) is 6. The molecule has 0 heterocycles. The molecule has 6 nitrogen and oxygen atoms in total. The van der Waals surface area contributed by atoms with Crippen LogP contribution in [0.2, 0.25) is 0 Å². The van der Waals surface area contributed by atoms with E-state index >= 15 is 0 Å². The molecule has 0 aromatic heterocycles. The minimum absolute atomic E-state index is 0.387. The van der Waals surface area contributed by atoms with Gasteiger partial charge in [-0.15, -0.1) is 0 Å². The summed E-state index contributed by atoms with van der Waals surface area (Å²) >= 11 is 0. The molecule has 0 amide bonds. The second-order valence-corrected chi connectivity index (χ2v) is 8.22. The fourth-order valence-electron chi connectivity index (χ4n) is 5.61. The van der Waals surface area contributed by atoms with Crippen molar-refractivity contribution in [3.8, 4) is 0 Å². The van der Waals surface area contributed by atoms with Crippen molar-refractivity contribution >= 4 is 98.8 Å². The minimum atomic E-state index is 0.387. The Hall–Kier alpha value is -4.32. The molecular weight excluding hydrogens is 372 g/mol. The van der Waals surface area contributed by atoms with Crippen LogP contribution in [0.25, 0.3) is 64.6 Å². The van der Waals surface area contributed by atoms with Gasteiger partial charge in [-0.05, 0) is 21.5 Å². The van der Waals surface area contributed by atoms with Crippen LogP contribution >= 0.6 is 0 Å². The van der Waals surface area contributed by atoms with Crippen LogP contribution in [0, 0.1) is 0 Å². The maximum Gasteiger partial charge on any atom is 0.0656 e. The highest BCUT2D eigenvalue weighted by atomic mass is 14.8. The lowest BCUT2D eigenvalue weighted by atomic mass is 9.80. The van der Waals surface area contributed by atoms with Crippen molar-refractivity contribution in [1.29, 1.82) is 0 Å². The van der Waals surface area contributed by atoms with Gasteiger partial charge in [0.1, 0.15) is 0 Å². The fourth-order valence-corrected chi connectivity index (χ4v) is 5.61. The zero-order valence-corrected chi connectivity index (χ0v) is 15.9. The van der Waals surface area contributed by atoms with Crippen molar-refractivity contribution in [2.24, 2.45) is 0 Å². The van der Waals surface area contributed by atoms with Crippen LogP contribution in [0.4, 0.5) is 34.1 Å². The van der Waals surface area contributed by atoms with E-state index in [0.717, 1.165) is 53.9 Å². The quantitative estimate of drug-likeness (QED) is 0.128. The molecule has 7 aromatic rings. The van der Waals surface area contributed by atoms with Crippen LogP contribution in [0.1, 0.15) is 0 Å². The van der Waals surface area contributed by atoms with E-state index in [9.17, 15) is 0 Å². The maximum absolute atomic E-state index is 6.54. The van der Waals surface area contributed by atoms with Gasteiger partial charge in [-0.3, -0.25) is 0 Å². The van der Waals surface area contributed by atoms with E-state index < -0.39 is 0 Å². The van der Waals surface area contributed by atoms with E-state index in [1.54, 1.807) is 0 Å². The summed E-state index contributed by atoms with van der Waals surface area (Å²) in [5, 5.41) is 11.7. The van der Waals surface area contributed by atoms with Crippen LogP contribution < -0.4 is 34.4 Å². The average molecular weight is 390 g/mol. The fraction of sp³-hybridized carbons (Fsp3) is 0. The topological polar surface area (TPSA) is 156 Å². The van der Waals surface area contributed by atoms with Gasteiger partial charge >= 0.3 is 0 Å². The first-order chi connectivity index (χ1) is 14.4. The first-order valence-electron chi connectivity index (χ1n) is 9.71. The van der Waals surface area contributed by atoms with Gasteiger partial charge in [0.25, 0.3) is 0 Å². The Labute approximate surface area is 169 Å². The second-order valence-electron chi connectivity index (χ2n) is 8.22. The van der Waals surface area contributed by atoms with Crippen molar-refractivity contribution in [2.75, 3.05) is 34.4 Å². The lowest BCUT2D eigenvalue weighted by Gasteiger charge is -2.25. The SMILES string of the molecule is Nc1c(N)c2c(N)c(N)c3c(N)c(N)c4ccc5ccc6ccc1c1c6c5c4c3c21. The predicted molar refractivity (Wildman–Crippen MR) is 132 cm³/mol. The average Bonchev–Trinajstić information content (AvgIpc) is 2.75. The first kappa shape index (κ1) is 15.6. The highest BCUT2D eigenvalue weighted by Crippen LogP contribution is 2.56. The van der Waals surface area contributed by atoms with E-state index in [1.165, 1.54) is 0 Å². The Balaban J connectivity index is 2.10.